The molecule has 2 aromatic carbocycles. The van der Waals surface area contributed by atoms with Crippen molar-refractivity contribution in [3.63, 3.8) is 0 Å². The molecule has 0 spiro atoms. The van der Waals surface area contributed by atoms with Crippen molar-refractivity contribution in [2.75, 3.05) is 0 Å². The SMILES string of the molecule is C[C@H](OC(=O)/C=C/c1ccccc1)c1ccccc1. The molecule has 2 rings (SSSR count). The van der Waals surface area contributed by atoms with Crippen molar-refractivity contribution >= 4 is 12.0 Å². The van der Waals surface area contributed by atoms with Crippen molar-refractivity contribution in [1.82, 2.24) is 0 Å². The first-order chi connectivity index (χ1) is 9.25. The van der Waals surface area contributed by atoms with E-state index in [2.05, 4.69) is 0 Å². The van der Waals surface area contributed by atoms with Gasteiger partial charge in [0.05, 0.1) is 0 Å². The summed E-state index contributed by atoms with van der Waals surface area (Å²) in [6, 6.07) is 19.3. The van der Waals surface area contributed by atoms with Crippen molar-refractivity contribution in [2.45, 2.75) is 13.0 Å². The van der Waals surface area contributed by atoms with Gasteiger partial charge >= 0.3 is 5.97 Å². The first-order valence-corrected chi connectivity index (χ1v) is 6.24. The molecule has 0 aliphatic rings. The van der Waals surface area contributed by atoms with Gasteiger partial charge in [0.1, 0.15) is 6.10 Å². The van der Waals surface area contributed by atoms with Crippen molar-refractivity contribution in [1.29, 1.82) is 0 Å². The molecule has 0 aliphatic heterocycles. The number of esters is 1. The summed E-state index contributed by atoms with van der Waals surface area (Å²) in [5.41, 5.74) is 1.97. The van der Waals surface area contributed by atoms with Crippen molar-refractivity contribution in [3.05, 3.63) is 77.9 Å². The lowest BCUT2D eigenvalue weighted by atomic mass is 10.1. The normalized spacial score (nSPS) is 12.3. The lowest BCUT2D eigenvalue weighted by Gasteiger charge is -2.11. The van der Waals surface area contributed by atoms with E-state index in [9.17, 15) is 4.79 Å². The minimum Gasteiger partial charge on any atom is -0.455 e. The average Bonchev–Trinajstić information content (AvgIpc) is 2.47. The predicted molar refractivity (Wildman–Crippen MR) is 76.4 cm³/mol. The highest BCUT2D eigenvalue weighted by molar-refractivity contribution is 5.87. The van der Waals surface area contributed by atoms with Gasteiger partial charge in [-0.05, 0) is 24.1 Å². The molecule has 2 heteroatoms. The molecule has 0 aliphatic carbocycles. The number of benzene rings is 2. The molecule has 2 aromatic rings. The Morgan fingerprint density at radius 2 is 1.58 bits per heavy atom. The number of rotatable bonds is 4. The molecule has 0 N–H and O–H groups in total. The second kappa shape index (κ2) is 6.55. The Morgan fingerprint density at radius 3 is 2.21 bits per heavy atom. The zero-order valence-electron chi connectivity index (χ0n) is 10.8. The fraction of sp³-hybridized carbons (Fsp3) is 0.118. The lowest BCUT2D eigenvalue weighted by molar-refractivity contribution is -0.142. The zero-order valence-corrected chi connectivity index (χ0v) is 10.8. The van der Waals surface area contributed by atoms with Crippen LogP contribution in [0.1, 0.15) is 24.2 Å². The van der Waals surface area contributed by atoms with Crippen LogP contribution in [-0.2, 0) is 9.53 Å². The maximum atomic E-state index is 11.7. The van der Waals surface area contributed by atoms with E-state index < -0.39 is 0 Å². The van der Waals surface area contributed by atoms with E-state index in [0.29, 0.717) is 0 Å². The minimum atomic E-state index is -0.333. The van der Waals surface area contributed by atoms with Crippen LogP contribution >= 0.6 is 0 Å². The van der Waals surface area contributed by atoms with Gasteiger partial charge in [-0.3, -0.25) is 0 Å². The summed E-state index contributed by atoms with van der Waals surface area (Å²) >= 11 is 0. The second-order valence-corrected chi connectivity index (χ2v) is 4.23. The first kappa shape index (κ1) is 13.1. The van der Waals surface area contributed by atoms with E-state index >= 15 is 0 Å². The molecule has 0 bridgehead atoms. The molecule has 0 amide bonds. The Bertz CT molecular complexity index is 544. The van der Waals surface area contributed by atoms with Crippen LogP contribution in [0.5, 0.6) is 0 Å². The highest BCUT2D eigenvalue weighted by Gasteiger charge is 2.08. The van der Waals surface area contributed by atoms with Gasteiger partial charge in [0, 0.05) is 6.08 Å². The summed E-state index contributed by atoms with van der Waals surface area (Å²) in [5, 5.41) is 0. The van der Waals surface area contributed by atoms with E-state index in [4.69, 9.17) is 4.74 Å². The summed E-state index contributed by atoms with van der Waals surface area (Å²) in [6.45, 7) is 1.86. The topological polar surface area (TPSA) is 26.3 Å². The number of ether oxygens (including phenoxy) is 1. The molecule has 0 heterocycles. The predicted octanol–water partition coefficient (Wildman–Crippen LogP) is 4.00. The average molecular weight is 252 g/mol. The Balaban J connectivity index is 1.93. The Hall–Kier alpha value is -2.35. The van der Waals surface area contributed by atoms with Crippen LogP contribution in [0.4, 0.5) is 0 Å². The van der Waals surface area contributed by atoms with Gasteiger partial charge in [-0.2, -0.15) is 0 Å². The summed E-state index contributed by atoms with van der Waals surface area (Å²) in [6.07, 6.45) is 2.96. The van der Waals surface area contributed by atoms with Gasteiger partial charge in [-0.15, -0.1) is 0 Å². The first-order valence-electron chi connectivity index (χ1n) is 6.24. The third-order valence-corrected chi connectivity index (χ3v) is 2.77. The third kappa shape index (κ3) is 4.11. The molecule has 2 nitrogen and oxygen atoms in total. The maximum Gasteiger partial charge on any atom is 0.331 e. The Morgan fingerprint density at radius 1 is 1.00 bits per heavy atom. The fourth-order valence-corrected chi connectivity index (χ4v) is 1.73. The standard InChI is InChI=1S/C17H16O2/c1-14(16-10-6-3-7-11-16)19-17(18)13-12-15-8-4-2-5-9-15/h2-14H,1H3/b13-12+/t14-/m0/s1. The quantitative estimate of drug-likeness (QED) is 0.607. The molecule has 0 saturated heterocycles. The smallest absolute Gasteiger partial charge is 0.331 e. The summed E-state index contributed by atoms with van der Waals surface area (Å²) in [4.78, 5) is 11.7. The lowest BCUT2D eigenvalue weighted by Crippen LogP contribution is -2.05. The Kier molecular flexibility index (Phi) is 4.51. The van der Waals surface area contributed by atoms with Crippen molar-refractivity contribution < 1.29 is 9.53 Å². The van der Waals surface area contributed by atoms with Crippen LogP contribution in [-0.4, -0.2) is 5.97 Å². The fourth-order valence-electron chi connectivity index (χ4n) is 1.73. The monoisotopic (exact) mass is 252 g/mol. The number of carbonyl (C=O) groups excluding carboxylic acids is 1. The zero-order chi connectivity index (χ0) is 13.5. The number of hydrogen-bond acceptors (Lipinski definition) is 2. The van der Waals surface area contributed by atoms with Gasteiger partial charge in [0.2, 0.25) is 0 Å². The molecule has 1 atom stereocenters. The van der Waals surface area contributed by atoms with Crippen LogP contribution in [0.15, 0.2) is 66.7 Å². The maximum absolute atomic E-state index is 11.7. The van der Waals surface area contributed by atoms with Gasteiger partial charge in [-0.25, -0.2) is 4.79 Å². The molecule has 96 valence electrons. The highest BCUT2D eigenvalue weighted by atomic mass is 16.5. The van der Waals surface area contributed by atoms with E-state index in [0.717, 1.165) is 11.1 Å². The van der Waals surface area contributed by atoms with Crippen LogP contribution < -0.4 is 0 Å². The van der Waals surface area contributed by atoms with Gasteiger partial charge < -0.3 is 4.74 Å². The van der Waals surface area contributed by atoms with Gasteiger partial charge in [0.25, 0.3) is 0 Å². The second-order valence-electron chi connectivity index (χ2n) is 4.23. The van der Waals surface area contributed by atoms with Crippen LogP contribution in [0.2, 0.25) is 0 Å². The van der Waals surface area contributed by atoms with Crippen LogP contribution in [0.3, 0.4) is 0 Å². The molecular weight excluding hydrogens is 236 g/mol. The molecule has 0 saturated carbocycles. The largest absolute Gasteiger partial charge is 0.455 e. The van der Waals surface area contributed by atoms with Crippen LogP contribution in [0, 0.1) is 0 Å². The van der Waals surface area contributed by atoms with E-state index in [1.54, 1.807) is 6.08 Å². The van der Waals surface area contributed by atoms with E-state index in [1.165, 1.54) is 6.08 Å². The van der Waals surface area contributed by atoms with E-state index in [1.807, 2.05) is 67.6 Å². The summed E-state index contributed by atoms with van der Waals surface area (Å²) in [5.74, 6) is -0.333. The number of hydrogen-bond donors (Lipinski definition) is 0. The molecular formula is C17H16O2. The molecule has 0 unspecified atom stereocenters. The molecule has 19 heavy (non-hydrogen) atoms. The third-order valence-electron chi connectivity index (χ3n) is 2.77. The molecule has 0 fully saturated rings. The van der Waals surface area contributed by atoms with Crippen molar-refractivity contribution in [3.8, 4) is 0 Å². The number of carbonyl (C=O) groups is 1. The molecule has 0 aromatic heterocycles. The minimum absolute atomic E-state index is 0.242. The Labute approximate surface area is 113 Å². The summed E-state index contributed by atoms with van der Waals surface area (Å²) in [7, 11) is 0. The van der Waals surface area contributed by atoms with Gasteiger partial charge in [-0.1, -0.05) is 60.7 Å². The molecule has 0 radical (unpaired) electrons. The highest BCUT2D eigenvalue weighted by Crippen LogP contribution is 2.16. The van der Waals surface area contributed by atoms with Gasteiger partial charge in [0.15, 0.2) is 0 Å². The van der Waals surface area contributed by atoms with E-state index in [-0.39, 0.29) is 12.1 Å². The summed E-state index contributed by atoms with van der Waals surface area (Å²) < 4.78 is 5.33. The van der Waals surface area contributed by atoms with Crippen LogP contribution in [0.25, 0.3) is 6.08 Å². The van der Waals surface area contributed by atoms with Crippen molar-refractivity contribution in [2.24, 2.45) is 0 Å².